The molecule has 0 radical (unpaired) electrons. The van der Waals surface area contributed by atoms with Crippen LogP contribution in [0.15, 0.2) is 79.1 Å². The Hall–Kier alpha value is -2.61. The average Bonchev–Trinajstić information content (AvgIpc) is 2.50. The fourth-order valence-electron chi connectivity index (χ4n) is 2.20. The fourth-order valence-corrected chi connectivity index (χ4v) is 2.20. The minimum atomic E-state index is 0.295. The predicted molar refractivity (Wildman–Crippen MR) is 79.3 cm³/mol. The first-order valence-electron chi connectivity index (χ1n) is 6.64. The molecule has 3 rings (SSSR count). The van der Waals surface area contributed by atoms with Gasteiger partial charge in [-0.1, -0.05) is 42.5 Å². The summed E-state index contributed by atoms with van der Waals surface area (Å²) in [4.78, 5) is 0. The van der Waals surface area contributed by atoms with Crippen molar-refractivity contribution in [2.24, 2.45) is 0 Å². The van der Waals surface area contributed by atoms with Gasteiger partial charge in [-0.15, -0.1) is 0 Å². The molecular formula is C18H16NO+. The first kappa shape index (κ1) is 12.4. The second-order valence-electron chi connectivity index (χ2n) is 4.79. The molecule has 0 spiro atoms. The molecule has 1 aromatic heterocycles. The molecular weight excluding hydrogens is 246 g/mol. The maximum absolute atomic E-state index is 9.31. The van der Waals surface area contributed by atoms with Gasteiger partial charge in [-0.2, -0.15) is 0 Å². The average molecular weight is 262 g/mol. The molecule has 2 heteroatoms. The molecule has 20 heavy (non-hydrogen) atoms. The quantitative estimate of drug-likeness (QED) is 0.719. The summed E-state index contributed by atoms with van der Waals surface area (Å²) in [6.45, 7) is 0.872. The Morgan fingerprint density at radius 2 is 1.30 bits per heavy atom. The number of hydrogen-bond acceptors (Lipinski definition) is 1. The Kier molecular flexibility index (Phi) is 3.46. The third-order valence-electron chi connectivity index (χ3n) is 3.30. The van der Waals surface area contributed by atoms with E-state index in [1.807, 2.05) is 18.2 Å². The lowest BCUT2D eigenvalue weighted by Crippen LogP contribution is -2.32. The van der Waals surface area contributed by atoms with Crippen LogP contribution in [0.3, 0.4) is 0 Å². The van der Waals surface area contributed by atoms with E-state index in [1.165, 1.54) is 5.56 Å². The summed E-state index contributed by atoms with van der Waals surface area (Å²) in [6.07, 6.45) is 4.16. The fraction of sp³-hybridized carbons (Fsp3) is 0.0556. The lowest BCUT2D eigenvalue weighted by Gasteiger charge is -2.02. The molecule has 0 atom stereocenters. The Morgan fingerprint density at radius 1 is 0.700 bits per heavy atom. The van der Waals surface area contributed by atoms with Crippen molar-refractivity contribution in [2.45, 2.75) is 6.54 Å². The number of rotatable bonds is 3. The molecule has 0 saturated heterocycles. The monoisotopic (exact) mass is 262 g/mol. The zero-order valence-electron chi connectivity index (χ0n) is 11.1. The van der Waals surface area contributed by atoms with Crippen molar-refractivity contribution in [3.8, 4) is 16.9 Å². The van der Waals surface area contributed by atoms with Gasteiger partial charge < -0.3 is 5.11 Å². The molecule has 1 heterocycles. The van der Waals surface area contributed by atoms with Crippen LogP contribution in [0.4, 0.5) is 0 Å². The van der Waals surface area contributed by atoms with Crippen LogP contribution in [-0.2, 0) is 6.54 Å². The molecule has 3 aromatic rings. The Balaban J connectivity index is 1.79. The van der Waals surface area contributed by atoms with Crippen LogP contribution < -0.4 is 4.57 Å². The first-order valence-corrected chi connectivity index (χ1v) is 6.64. The topological polar surface area (TPSA) is 24.1 Å². The molecule has 0 bridgehead atoms. The van der Waals surface area contributed by atoms with Crippen LogP contribution in [0.1, 0.15) is 5.56 Å². The number of phenols is 1. The molecule has 0 aliphatic rings. The third kappa shape index (κ3) is 2.86. The van der Waals surface area contributed by atoms with Gasteiger partial charge in [0.25, 0.3) is 0 Å². The number of nitrogens with zero attached hydrogens (tertiary/aromatic N) is 1. The predicted octanol–water partition coefficient (Wildman–Crippen LogP) is 3.40. The molecule has 0 amide bonds. The summed E-state index contributed by atoms with van der Waals surface area (Å²) in [5.74, 6) is 0.295. The smallest absolute Gasteiger partial charge is 0.173 e. The minimum Gasteiger partial charge on any atom is -0.508 e. The van der Waals surface area contributed by atoms with E-state index < -0.39 is 0 Å². The Labute approximate surface area is 118 Å². The number of phenolic OH excluding ortho intramolecular Hbond substituents is 1. The summed E-state index contributed by atoms with van der Waals surface area (Å²) in [5.41, 5.74) is 3.54. The van der Waals surface area contributed by atoms with Crippen LogP contribution in [0.2, 0.25) is 0 Å². The number of hydrogen-bond donors (Lipinski definition) is 1. The standard InChI is InChI=1S/C18H15NO/c20-18-8-6-16(7-9-18)17-10-12-19(13-11-17)14-15-4-2-1-3-5-15/h1-13H,14H2/p+1. The zero-order chi connectivity index (χ0) is 13.8. The van der Waals surface area contributed by atoms with Gasteiger partial charge in [0.05, 0.1) is 0 Å². The first-order chi connectivity index (χ1) is 9.81. The maximum Gasteiger partial charge on any atom is 0.173 e. The van der Waals surface area contributed by atoms with Crippen LogP contribution in [0, 0.1) is 0 Å². The van der Waals surface area contributed by atoms with Crippen molar-refractivity contribution < 1.29 is 9.67 Å². The summed E-state index contributed by atoms with van der Waals surface area (Å²) >= 11 is 0. The summed E-state index contributed by atoms with van der Waals surface area (Å²) in [7, 11) is 0. The van der Waals surface area contributed by atoms with E-state index in [4.69, 9.17) is 0 Å². The lowest BCUT2D eigenvalue weighted by atomic mass is 10.1. The largest absolute Gasteiger partial charge is 0.508 e. The van der Waals surface area contributed by atoms with E-state index >= 15 is 0 Å². The molecule has 0 fully saturated rings. The van der Waals surface area contributed by atoms with E-state index in [0.29, 0.717) is 5.75 Å². The van der Waals surface area contributed by atoms with Crippen LogP contribution in [-0.4, -0.2) is 5.11 Å². The van der Waals surface area contributed by atoms with Gasteiger partial charge in [0, 0.05) is 17.7 Å². The second-order valence-corrected chi connectivity index (χ2v) is 4.79. The normalized spacial score (nSPS) is 10.4. The van der Waals surface area contributed by atoms with Crippen molar-refractivity contribution in [1.82, 2.24) is 0 Å². The molecule has 2 aromatic carbocycles. The van der Waals surface area contributed by atoms with Crippen molar-refractivity contribution in [1.29, 1.82) is 0 Å². The van der Waals surface area contributed by atoms with Crippen molar-refractivity contribution in [2.75, 3.05) is 0 Å². The van der Waals surface area contributed by atoms with E-state index in [0.717, 1.165) is 17.7 Å². The number of pyridine rings is 1. The minimum absolute atomic E-state index is 0.295. The molecule has 0 aliphatic heterocycles. The van der Waals surface area contributed by atoms with Crippen molar-refractivity contribution in [3.63, 3.8) is 0 Å². The lowest BCUT2D eigenvalue weighted by molar-refractivity contribution is -0.688. The highest BCUT2D eigenvalue weighted by Gasteiger charge is 2.04. The Bertz CT molecular complexity index is 673. The third-order valence-corrected chi connectivity index (χ3v) is 3.30. The maximum atomic E-state index is 9.31. The highest BCUT2D eigenvalue weighted by Crippen LogP contribution is 2.20. The number of aromatic hydroxyl groups is 1. The second kappa shape index (κ2) is 5.57. The number of benzene rings is 2. The molecule has 1 N–H and O–H groups in total. The Morgan fingerprint density at radius 3 is 1.95 bits per heavy atom. The van der Waals surface area contributed by atoms with Gasteiger partial charge in [0.15, 0.2) is 18.9 Å². The van der Waals surface area contributed by atoms with Gasteiger partial charge in [0.1, 0.15) is 5.75 Å². The van der Waals surface area contributed by atoms with E-state index in [2.05, 4.69) is 53.4 Å². The van der Waals surface area contributed by atoms with Crippen LogP contribution in [0.5, 0.6) is 5.75 Å². The van der Waals surface area contributed by atoms with Gasteiger partial charge in [0.2, 0.25) is 0 Å². The highest BCUT2D eigenvalue weighted by atomic mass is 16.3. The van der Waals surface area contributed by atoms with Gasteiger partial charge in [-0.25, -0.2) is 4.57 Å². The summed E-state index contributed by atoms with van der Waals surface area (Å²) < 4.78 is 2.15. The zero-order valence-corrected chi connectivity index (χ0v) is 11.1. The van der Waals surface area contributed by atoms with Gasteiger partial charge in [-0.05, 0) is 23.3 Å². The molecule has 98 valence electrons. The van der Waals surface area contributed by atoms with E-state index in [1.54, 1.807) is 12.1 Å². The van der Waals surface area contributed by atoms with Crippen molar-refractivity contribution >= 4 is 0 Å². The van der Waals surface area contributed by atoms with Gasteiger partial charge in [-0.3, -0.25) is 0 Å². The SMILES string of the molecule is Oc1ccc(-c2cc[n+](Cc3ccccc3)cc2)cc1. The van der Waals surface area contributed by atoms with Crippen molar-refractivity contribution in [3.05, 3.63) is 84.7 Å². The molecule has 0 saturated carbocycles. The highest BCUT2D eigenvalue weighted by molar-refractivity contribution is 5.62. The van der Waals surface area contributed by atoms with E-state index in [-0.39, 0.29) is 0 Å². The summed E-state index contributed by atoms with van der Waals surface area (Å²) in [6, 6.07) is 21.8. The molecule has 2 nitrogen and oxygen atoms in total. The van der Waals surface area contributed by atoms with Crippen LogP contribution >= 0.6 is 0 Å². The van der Waals surface area contributed by atoms with Gasteiger partial charge >= 0.3 is 0 Å². The molecule has 0 aliphatic carbocycles. The number of aromatic nitrogens is 1. The molecule has 0 unspecified atom stereocenters. The van der Waals surface area contributed by atoms with Crippen LogP contribution in [0.25, 0.3) is 11.1 Å². The summed E-state index contributed by atoms with van der Waals surface area (Å²) in [5, 5.41) is 9.31. The van der Waals surface area contributed by atoms with E-state index in [9.17, 15) is 5.11 Å².